The molecule has 0 bridgehead atoms. The van der Waals surface area contributed by atoms with Crippen molar-refractivity contribution in [1.82, 2.24) is 0 Å². The molecule has 3 unspecified atom stereocenters. The first-order chi connectivity index (χ1) is 6.45. The van der Waals surface area contributed by atoms with E-state index in [0.29, 0.717) is 0 Å². The van der Waals surface area contributed by atoms with Crippen molar-refractivity contribution in [2.45, 2.75) is 6.10 Å². The molecule has 1 rings (SSSR count). The summed E-state index contributed by atoms with van der Waals surface area (Å²) in [6, 6.07) is 0. The molecule has 7 nitrogen and oxygen atoms in total. The van der Waals surface area contributed by atoms with Gasteiger partial charge >= 0.3 is 17.9 Å². The number of ether oxygens (including phenoxy) is 1. The van der Waals surface area contributed by atoms with Gasteiger partial charge in [0.1, 0.15) is 5.92 Å². The van der Waals surface area contributed by atoms with Gasteiger partial charge in [-0.05, 0) is 0 Å². The molecular formula is C7H8O7. The molecule has 0 aromatic rings. The number of hydrogen-bond acceptors (Lipinski definition) is 4. The number of rotatable bonds is 3. The van der Waals surface area contributed by atoms with Crippen molar-refractivity contribution in [1.29, 1.82) is 0 Å². The zero-order valence-corrected chi connectivity index (χ0v) is 6.91. The van der Waals surface area contributed by atoms with Crippen LogP contribution in [0, 0.1) is 11.8 Å². The smallest absolute Gasteiger partial charge is 0.333 e. The molecule has 0 aromatic carbocycles. The molecule has 14 heavy (non-hydrogen) atoms. The van der Waals surface area contributed by atoms with Crippen LogP contribution in [0.25, 0.3) is 0 Å². The zero-order chi connectivity index (χ0) is 10.9. The second kappa shape index (κ2) is 3.62. The van der Waals surface area contributed by atoms with Gasteiger partial charge in [-0.25, -0.2) is 4.79 Å². The zero-order valence-electron chi connectivity index (χ0n) is 6.91. The molecule has 0 saturated carbocycles. The van der Waals surface area contributed by atoms with Crippen LogP contribution >= 0.6 is 0 Å². The fourth-order valence-corrected chi connectivity index (χ4v) is 1.38. The highest BCUT2D eigenvalue weighted by atomic mass is 16.5. The molecule has 0 spiro atoms. The van der Waals surface area contributed by atoms with Gasteiger partial charge in [0.15, 0.2) is 6.10 Å². The molecule has 1 aliphatic rings. The third-order valence-corrected chi connectivity index (χ3v) is 2.06. The minimum absolute atomic E-state index is 0.386. The highest BCUT2D eigenvalue weighted by molar-refractivity contribution is 5.87. The number of carbonyl (C=O) groups is 3. The topological polar surface area (TPSA) is 121 Å². The second-order valence-corrected chi connectivity index (χ2v) is 2.90. The summed E-state index contributed by atoms with van der Waals surface area (Å²) >= 11 is 0. The SMILES string of the molecule is O=C(O)C1COC(C(=O)O)C1C(=O)O. The maximum absolute atomic E-state index is 10.6. The fraction of sp³-hybridized carbons (Fsp3) is 0.571. The van der Waals surface area contributed by atoms with Crippen molar-refractivity contribution in [2.75, 3.05) is 6.61 Å². The van der Waals surface area contributed by atoms with Gasteiger partial charge in [0.2, 0.25) is 0 Å². The third kappa shape index (κ3) is 1.67. The van der Waals surface area contributed by atoms with E-state index < -0.39 is 35.8 Å². The molecule has 0 aromatic heterocycles. The Hall–Kier alpha value is -1.63. The quantitative estimate of drug-likeness (QED) is 0.531. The van der Waals surface area contributed by atoms with Crippen LogP contribution < -0.4 is 0 Å². The lowest BCUT2D eigenvalue weighted by molar-refractivity contribution is -0.159. The van der Waals surface area contributed by atoms with Crippen molar-refractivity contribution in [3.8, 4) is 0 Å². The predicted molar refractivity (Wildman–Crippen MR) is 39.6 cm³/mol. The Kier molecular flexibility index (Phi) is 2.70. The summed E-state index contributed by atoms with van der Waals surface area (Å²) < 4.78 is 4.60. The summed E-state index contributed by atoms with van der Waals surface area (Å²) in [5.74, 6) is -7.11. The van der Waals surface area contributed by atoms with Crippen LogP contribution in [0.4, 0.5) is 0 Å². The van der Waals surface area contributed by atoms with Crippen LogP contribution in [-0.2, 0) is 19.1 Å². The van der Waals surface area contributed by atoms with Crippen molar-refractivity contribution < 1.29 is 34.4 Å². The molecule has 78 valence electrons. The maximum atomic E-state index is 10.6. The van der Waals surface area contributed by atoms with Crippen LogP contribution in [0.3, 0.4) is 0 Å². The summed E-state index contributed by atoms with van der Waals surface area (Å²) in [6.07, 6.45) is -1.58. The molecule has 1 fully saturated rings. The minimum atomic E-state index is -1.58. The molecule has 0 aliphatic carbocycles. The lowest BCUT2D eigenvalue weighted by atomic mass is 9.91. The summed E-state index contributed by atoms with van der Waals surface area (Å²) in [6.45, 7) is -0.386. The molecule has 1 saturated heterocycles. The Balaban J connectivity index is 2.90. The van der Waals surface area contributed by atoms with Gasteiger partial charge in [0.05, 0.1) is 12.5 Å². The third-order valence-electron chi connectivity index (χ3n) is 2.06. The predicted octanol–water partition coefficient (Wildman–Crippen LogP) is -1.13. The first-order valence-corrected chi connectivity index (χ1v) is 3.75. The number of aliphatic carboxylic acids is 3. The van der Waals surface area contributed by atoms with Crippen LogP contribution in [-0.4, -0.2) is 45.9 Å². The number of carboxylic acids is 3. The van der Waals surface area contributed by atoms with Crippen LogP contribution in [0.2, 0.25) is 0 Å². The number of hydrogen-bond donors (Lipinski definition) is 3. The summed E-state index contributed by atoms with van der Waals surface area (Å²) in [7, 11) is 0. The van der Waals surface area contributed by atoms with Crippen molar-refractivity contribution in [3.05, 3.63) is 0 Å². The molecule has 3 atom stereocenters. The van der Waals surface area contributed by atoms with E-state index in [1.54, 1.807) is 0 Å². The van der Waals surface area contributed by atoms with Gasteiger partial charge in [-0.15, -0.1) is 0 Å². The first kappa shape index (κ1) is 10.5. The van der Waals surface area contributed by atoms with Crippen molar-refractivity contribution >= 4 is 17.9 Å². The normalized spacial score (nSPS) is 31.3. The van der Waals surface area contributed by atoms with Crippen LogP contribution in [0.15, 0.2) is 0 Å². The fourth-order valence-electron chi connectivity index (χ4n) is 1.38. The monoisotopic (exact) mass is 204 g/mol. The van der Waals surface area contributed by atoms with E-state index in [0.717, 1.165) is 0 Å². The summed E-state index contributed by atoms with van der Waals surface area (Å²) in [5.41, 5.74) is 0. The Morgan fingerprint density at radius 1 is 1.00 bits per heavy atom. The van der Waals surface area contributed by atoms with Gasteiger partial charge in [0, 0.05) is 0 Å². The van der Waals surface area contributed by atoms with E-state index in [4.69, 9.17) is 15.3 Å². The summed E-state index contributed by atoms with van der Waals surface area (Å²) in [4.78, 5) is 31.7. The van der Waals surface area contributed by atoms with Gasteiger partial charge < -0.3 is 20.1 Å². The van der Waals surface area contributed by atoms with Gasteiger partial charge in [-0.1, -0.05) is 0 Å². The first-order valence-electron chi connectivity index (χ1n) is 3.75. The molecule has 1 aliphatic heterocycles. The van der Waals surface area contributed by atoms with E-state index in [2.05, 4.69) is 4.74 Å². The van der Waals surface area contributed by atoms with Crippen LogP contribution in [0.1, 0.15) is 0 Å². The molecule has 1 heterocycles. The van der Waals surface area contributed by atoms with Gasteiger partial charge in [-0.3, -0.25) is 9.59 Å². The highest BCUT2D eigenvalue weighted by Crippen LogP contribution is 2.27. The Bertz CT molecular complexity index is 262. The average Bonchev–Trinajstić information content (AvgIpc) is 2.46. The minimum Gasteiger partial charge on any atom is -0.481 e. The van der Waals surface area contributed by atoms with Crippen LogP contribution in [0.5, 0.6) is 0 Å². The van der Waals surface area contributed by atoms with E-state index in [1.807, 2.05) is 0 Å². The Morgan fingerprint density at radius 2 is 1.57 bits per heavy atom. The standard InChI is InChI=1S/C7H8O7/c8-5(9)2-1-14-4(7(12)13)3(2)6(10)11/h2-4H,1H2,(H,8,9)(H,10,11)(H,12,13). The van der Waals surface area contributed by atoms with Gasteiger partial charge in [0.25, 0.3) is 0 Å². The van der Waals surface area contributed by atoms with E-state index >= 15 is 0 Å². The average molecular weight is 204 g/mol. The molecule has 3 N–H and O–H groups in total. The van der Waals surface area contributed by atoms with Crippen molar-refractivity contribution in [3.63, 3.8) is 0 Å². The molecule has 0 radical (unpaired) electrons. The van der Waals surface area contributed by atoms with E-state index in [-0.39, 0.29) is 6.61 Å². The largest absolute Gasteiger partial charge is 0.481 e. The Morgan fingerprint density at radius 3 is 1.93 bits per heavy atom. The van der Waals surface area contributed by atoms with Gasteiger partial charge in [-0.2, -0.15) is 0 Å². The van der Waals surface area contributed by atoms with E-state index in [1.165, 1.54) is 0 Å². The molecule has 0 amide bonds. The van der Waals surface area contributed by atoms with Crippen molar-refractivity contribution in [2.24, 2.45) is 11.8 Å². The lowest BCUT2D eigenvalue weighted by Gasteiger charge is -2.12. The molecular weight excluding hydrogens is 196 g/mol. The van der Waals surface area contributed by atoms with E-state index in [9.17, 15) is 14.4 Å². The summed E-state index contributed by atoms with van der Waals surface area (Å²) in [5, 5.41) is 25.8. The Labute approximate surface area is 77.9 Å². The lowest BCUT2D eigenvalue weighted by Crippen LogP contribution is -2.36. The second-order valence-electron chi connectivity index (χ2n) is 2.90. The number of carboxylic acid groups (broad SMARTS) is 3. The maximum Gasteiger partial charge on any atom is 0.333 e. The molecule has 7 heteroatoms. The highest BCUT2D eigenvalue weighted by Gasteiger charge is 2.49.